The second-order valence-electron chi connectivity index (χ2n) is 11.8. The van der Waals surface area contributed by atoms with Crippen LogP contribution in [0.3, 0.4) is 0 Å². The summed E-state index contributed by atoms with van der Waals surface area (Å²) < 4.78 is 55.6. The number of nitrogens with zero attached hydrogens (tertiary/aromatic N) is 2. The van der Waals surface area contributed by atoms with E-state index < -0.39 is 40.9 Å². The molecule has 6 rings (SSSR count). The van der Waals surface area contributed by atoms with Crippen molar-refractivity contribution in [1.82, 2.24) is 15.2 Å². The molecule has 10 heteroatoms. The largest absolute Gasteiger partial charge is 0.416 e. The summed E-state index contributed by atoms with van der Waals surface area (Å²) >= 11 is 0. The number of likely N-dealkylation sites (tertiary alicyclic amines) is 1. The van der Waals surface area contributed by atoms with Gasteiger partial charge in [0.05, 0.1) is 22.6 Å². The number of aliphatic hydroxyl groups is 1. The number of imide groups is 1. The third kappa shape index (κ3) is 5.96. The highest BCUT2D eigenvalue weighted by Gasteiger charge is 2.45. The molecule has 0 saturated carbocycles. The van der Waals surface area contributed by atoms with Crippen molar-refractivity contribution < 1.29 is 32.3 Å². The third-order valence-corrected chi connectivity index (χ3v) is 8.90. The van der Waals surface area contributed by atoms with E-state index in [2.05, 4.69) is 15.2 Å². The number of aromatic nitrogens is 1. The molecule has 4 aromatic rings. The molecule has 0 spiro atoms. The van der Waals surface area contributed by atoms with Crippen molar-refractivity contribution in [2.24, 2.45) is 5.92 Å². The lowest BCUT2D eigenvalue weighted by Gasteiger charge is -2.45. The lowest BCUT2D eigenvalue weighted by Crippen LogP contribution is -2.51. The summed E-state index contributed by atoms with van der Waals surface area (Å²) in [6.07, 6.45) is -1.75. The Morgan fingerprint density at radius 1 is 1.00 bits per heavy atom. The molecule has 0 bridgehead atoms. The van der Waals surface area contributed by atoms with Crippen LogP contribution < -0.4 is 5.32 Å². The molecule has 1 aromatic heterocycles. The second kappa shape index (κ2) is 11.7. The van der Waals surface area contributed by atoms with Gasteiger partial charge in [-0.1, -0.05) is 48.5 Å². The van der Waals surface area contributed by atoms with Crippen molar-refractivity contribution in [2.75, 3.05) is 13.1 Å². The minimum atomic E-state index is -4.41. The molecule has 2 fully saturated rings. The average molecular weight is 606 g/mol. The Labute approximate surface area is 251 Å². The summed E-state index contributed by atoms with van der Waals surface area (Å²) in [5, 5.41) is 14.8. The number of carbonyl (C=O) groups excluding carboxylic acids is 2. The number of amides is 2. The first-order valence-electron chi connectivity index (χ1n) is 14.6. The third-order valence-electron chi connectivity index (χ3n) is 8.90. The first kappa shape index (κ1) is 29.9. The summed E-state index contributed by atoms with van der Waals surface area (Å²) in [5.41, 5.74) is 0.444. The van der Waals surface area contributed by atoms with E-state index in [-0.39, 0.29) is 29.7 Å². The van der Waals surface area contributed by atoms with Crippen LogP contribution in [0, 0.1) is 11.7 Å². The maximum absolute atomic E-state index is 16.4. The van der Waals surface area contributed by atoms with E-state index in [0.717, 1.165) is 17.7 Å². The second-order valence-corrected chi connectivity index (χ2v) is 11.8. The zero-order valence-corrected chi connectivity index (χ0v) is 23.8. The molecule has 3 aromatic carbocycles. The number of fused-ring (bicyclic) bond motifs is 1. The summed E-state index contributed by atoms with van der Waals surface area (Å²) in [6.45, 7) is 1.17. The van der Waals surface area contributed by atoms with Gasteiger partial charge in [0.15, 0.2) is 0 Å². The monoisotopic (exact) mass is 605 g/mol. The van der Waals surface area contributed by atoms with Gasteiger partial charge < -0.3 is 5.11 Å². The molecule has 0 radical (unpaired) electrons. The van der Waals surface area contributed by atoms with Crippen LogP contribution in [0.5, 0.6) is 0 Å². The predicted molar refractivity (Wildman–Crippen MR) is 156 cm³/mol. The van der Waals surface area contributed by atoms with Gasteiger partial charge >= 0.3 is 6.18 Å². The Morgan fingerprint density at radius 3 is 2.45 bits per heavy atom. The van der Waals surface area contributed by atoms with E-state index in [0.29, 0.717) is 49.1 Å². The molecule has 44 heavy (non-hydrogen) atoms. The fourth-order valence-corrected chi connectivity index (χ4v) is 6.49. The van der Waals surface area contributed by atoms with Gasteiger partial charge in [0.2, 0.25) is 11.8 Å². The van der Waals surface area contributed by atoms with Gasteiger partial charge in [-0.2, -0.15) is 13.2 Å². The van der Waals surface area contributed by atoms with Gasteiger partial charge in [-0.25, -0.2) is 4.39 Å². The van der Waals surface area contributed by atoms with Crippen molar-refractivity contribution in [3.8, 4) is 0 Å². The summed E-state index contributed by atoms with van der Waals surface area (Å²) in [4.78, 5) is 30.6. The molecule has 2 N–H and O–H groups in total. The smallest absolute Gasteiger partial charge is 0.385 e. The van der Waals surface area contributed by atoms with Crippen molar-refractivity contribution >= 4 is 22.7 Å². The van der Waals surface area contributed by atoms with E-state index in [1.165, 1.54) is 18.3 Å². The van der Waals surface area contributed by atoms with Crippen LogP contribution in [0.1, 0.15) is 53.0 Å². The highest BCUT2D eigenvalue weighted by Crippen LogP contribution is 2.42. The highest BCUT2D eigenvalue weighted by atomic mass is 19.4. The van der Waals surface area contributed by atoms with Crippen LogP contribution in [0.15, 0.2) is 79.0 Å². The average Bonchev–Trinajstić information content (AvgIpc) is 2.99. The minimum Gasteiger partial charge on any atom is -0.385 e. The maximum Gasteiger partial charge on any atom is 0.416 e. The number of pyridine rings is 1. The van der Waals surface area contributed by atoms with Crippen LogP contribution in [-0.4, -0.2) is 39.9 Å². The van der Waals surface area contributed by atoms with E-state index in [4.69, 9.17) is 0 Å². The number of carbonyl (C=O) groups is 2. The van der Waals surface area contributed by atoms with Gasteiger partial charge in [0.25, 0.3) is 0 Å². The number of benzene rings is 3. The number of piperidine rings is 2. The fourth-order valence-electron chi connectivity index (χ4n) is 6.49. The number of alkyl halides is 3. The molecule has 2 amide bonds. The molecule has 3 unspecified atom stereocenters. The number of hydrogen-bond acceptors (Lipinski definition) is 5. The van der Waals surface area contributed by atoms with Gasteiger partial charge in [-0.15, -0.1) is 0 Å². The number of rotatable bonds is 6. The van der Waals surface area contributed by atoms with Crippen molar-refractivity contribution in [2.45, 2.75) is 49.9 Å². The Balaban J connectivity index is 1.31. The van der Waals surface area contributed by atoms with Crippen molar-refractivity contribution in [3.05, 3.63) is 113 Å². The fraction of sp³-hybridized carbons (Fsp3) is 0.324. The minimum absolute atomic E-state index is 0.141. The SMILES string of the molecule is O=C1CCC(c2cnc3ccc(C4(O)CCN(Cc5ccc(C(F)(F)F)cc5)CC4Cc4ccccc4)c(F)c3c2)C(=O)N1. The number of halogens is 4. The van der Waals surface area contributed by atoms with Crippen LogP contribution in [-0.2, 0) is 34.3 Å². The van der Waals surface area contributed by atoms with Crippen molar-refractivity contribution in [3.63, 3.8) is 0 Å². The van der Waals surface area contributed by atoms with E-state index >= 15 is 4.39 Å². The Kier molecular flexibility index (Phi) is 7.98. The Hall–Kier alpha value is -4.15. The van der Waals surface area contributed by atoms with Gasteiger partial charge in [0.1, 0.15) is 5.82 Å². The highest BCUT2D eigenvalue weighted by molar-refractivity contribution is 6.01. The molecule has 2 aliphatic heterocycles. The predicted octanol–water partition coefficient (Wildman–Crippen LogP) is 5.87. The van der Waals surface area contributed by atoms with E-state index in [1.807, 2.05) is 30.3 Å². The van der Waals surface area contributed by atoms with Gasteiger partial charge in [-0.05, 0) is 60.2 Å². The summed E-state index contributed by atoms with van der Waals surface area (Å²) in [7, 11) is 0. The molecular weight excluding hydrogens is 574 g/mol. The van der Waals surface area contributed by atoms with Crippen LogP contribution in [0.4, 0.5) is 17.6 Å². The lowest BCUT2D eigenvalue weighted by molar-refractivity contribution is -0.138. The molecule has 0 aliphatic carbocycles. The molecule has 3 heterocycles. The Morgan fingerprint density at radius 2 is 1.75 bits per heavy atom. The number of nitrogens with one attached hydrogen (secondary N) is 1. The van der Waals surface area contributed by atoms with Crippen LogP contribution in [0.25, 0.3) is 10.9 Å². The zero-order valence-electron chi connectivity index (χ0n) is 23.8. The first-order valence-corrected chi connectivity index (χ1v) is 14.6. The molecule has 2 aliphatic rings. The first-order chi connectivity index (χ1) is 21.0. The summed E-state index contributed by atoms with van der Waals surface area (Å²) in [5.74, 6) is -2.46. The normalized spacial score (nSPS) is 23.1. The van der Waals surface area contributed by atoms with E-state index in [1.54, 1.807) is 18.2 Å². The topological polar surface area (TPSA) is 82.5 Å². The van der Waals surface area contributed by atoms with Crippen LogP contribution in [0.2, 0.25) is 0 Å². The van der Waals surface area contributed by atoms with E-state index in [9.17, 15) is 27.9 Å². The molecule has 2 saturated heterocycles. The number of hydrogen-bond donors (Lipinski definition) is 2. The van der Waals surface area contributed by atoms with Crippen molar-refractivity contribution in [1.29, 1.82) is 0 Å². The molecule has 6 nitrogen and oxygen atoms in total. The molecular formula is C34H31F4N3O3. The molecule has 3 atom stereocenters. The zero-order chi connectivity index (χ0) is 31.1. The van der Waals surface area contributed by atoms with Gasteiger partial charge in [-0.3, -0.25) is 24.8 Å². The quantitative estimate of drug-likeness (QED) is 0.213. The lowest BCUT2D eigenvalue weighted by atomic mass is 9.72. The Bertz CT molecular complexity index is 1690. The van der Waals surface area contributed by atoms with Gasteiger partial charge in [0, 0.05) is 49.1 Å². The summed E-state index contributed by atoms with van der Waals surface area (Å²) in [6, 6.07) is 19.5. The standard InChI is InChI=1S/C34H31F4N3O3/c35-31-27-17-23(26-10-13-30(42)40-32(26)43)18-39-29(27)12-11-28(31)33(44)14-15-41(20-25(33)16-21-4-2-1-3-5-21)19-22-6-8-24(9-7-22)34(36,37)38/h1-9,11-12,17-18,25-26,44H,10,13-16,19-20H2,(H,40,42,43). The molecule has 228 valence electrons. The van der Waals surface area contributed by atoms with Crippen LogP contribution >= 0.6 is 0 Å². The maximum atomic E-state index is 16.4.